The SMILES string of the molecule is C=CC1(Nc2ccc(OC)cc2)CCCCC1. The van der Waals surface area contributed by atoms with Gasteiger partial charge in [-0.05, 0) is 37.1 Å². The molecule has 2 rings (SSSR count). The molecule has 0 aromatic heterocycles. The molecule has 0 amide bonds. The van der Waals surface area contributed by atoms with Gasteiger partial charge in [-0.25, -0.2) is 0 Å². The second-order valence-electron chi connectivity index (χ2n) is 4.77. The molecule has 17 heavy (non-hydrogen) atoms. The molecule has 1 N–H and O–H groups in total. The summed E-state index contributed by atoms with van der Waals surface area (Å²) in [7, 11) is 1.69. The van der Waals surface area contributed by atoms with Gasteiger partial charge in [0.1, 0.15) is 5.75 Å². The first kappa shape index (κ1) is 12.0. The maximum absolute atomic E-state index is 5.16. The van der Waals surface area contributed by atoms with E-state index in [1.165, 1.54) is 32.1 Å². The Morgan fingerprint density at radius 2 is 1.82 bits per heavy atom. The zero-order valence-corrected chi connectivity index (χ0v) is 10.5. The Kier molecular flexibility index (Phi) is 3.72. The predicted octanol–water partition coefficient (Wildman–Crippen LogP) is 4.00. The average Bonchev–Trinajstić information content (AvgIpc) is 2.41. The van der Waals surface area contributed by atoms with Gasteiger partial charge in [-0.2, -0.15) is 0 Å². The van der Waals surface area contributed by atoms with E-state index in [2.05, 4.69) is 30.1 Å². The lowest BCUT2D eigenvalue weighted by atomic mass is 9.81. The van der Waals surface area contributed by atoms with Gasteiger partial charge < -0.3 is 10.1 Å². The Morgan fingerprint density at radius 1 is 1.18 bits per heavy atom. The molecule has 0 heterocycles. The molecule has 0 spiro atoms. The van der Waals surface area contributed by atoms with E-state index in [0.29, 0.717) is 0 Å². The van der Waals surface area contributed by atoms with Crippen LogP contribution >= 0.6 is 0 Å². The van der Waals surface area contributed by atoms with Crippen LogP contribution in [0, 0.1) is 0 Å². The van der Waals surface area contributed by atoms with Crippen LogP contribution in [0.25, 0.3) is 0 Å². The average molecular weight is 231 g/mol. The van der Waals surface area contributed by atoms with Crippen molar-refractivity contribution in [2.24, 2.45) is 0 Å². The topological polar surface area (TPSA) is 21.3 Å². The minimum absolute atomic E-state index is 0.0901. The number of nitrogens with one attached hydrogen (secondary N) is 1. The van der Waals surface area contributed by atoms with Crippen molar-refractivity contribution in [2.45, 2.75) is 37.6 Å². The first-order chi connectivity index (χ1) is 8.28. The number of rotatable bonds is 4. The summed E-state index contributed by atoms with van der Waals surface area (Å²) in [4.78, 5) is 0. The number of anilines is 1. The van der Waals surface area contributed by atoms with Crippen molar-refractivity contribution in [1.29, 1.82) is 0 Å². The monoisotopic (exact) mass is 231 g/mol. The van der Waals surface area contributed by atoms with E-state index in [4.69, 9.17) is 4.74 Å². The fraction of sp³-hybridized carbons (Fsp3) is 0.467. The van der Waals surface area contributed by atoms with Crippen LogP contribution in [0.1, 0.15) is 32.1 Å². The minimum atomic E-state index is 0.0901. The summed E-state index contributed by atoms with van der Waals surface area (Å²) in [6, 6.07) is 8.11. The molecular weight excluding hydrogens is 210 g/mol. The van der Waals surface area contributed by atoms with Crippen LogP contribution in [0.4, 0.5) is 5.69 Å². The Morgan fingerprint density at radius 3 is 2.35 bits per heavy atom. The van der Waals surface area contributed by atoms with Crippen LogP contribution < -0.4 is 10.1 Å². The van der Waals surface area contributed by atoms with E-state index >= 15 is 0 Å². The van der Waals surface area contributed by atoms with Crippen molar-refractivity contribution >= 4 is 5.69 Å². The van der Waals surface area contributed by atoms with Crippen LogP contribution in [-0.4, -0.2) is 12.6 Å². The molecule has 0 atom stereocenters. The highest BCUT2D eigenvalue weighted by Gasteiger charge is 2.28. The fourth-order valence-corrected chi connectivity index (χ4v) is 2.52. The number of ether oxygens (including phenoxy) is 1. The van der Waals surface area contributed by atoms with Crippen LogP contribution in [0.15, 0.2) is 36.9 Å². The summed E-state index contributed by atoms with van der Waals surface area (Å²) >= 11 is 0. The molecule has 0 aliphatic heterocycles. The quantitative estimate of drug-likeness (QED) is 0.791. The molecular formula is C15H21NO. The third-order valence-corrected chi connectivity index (χ3v) is 3.62. The van der Waals surface area contributed by atoms with Gasteiger partial charge in [0.15, 0.2) is 0 Å². The molecule has 92 valence electrons. The van der Waals surface area contributed by atoms with Crippen molar-refractivity contribution in [3.8, 4) is 5.75 Å². The fourth-order valence-electron chi connectivity index (χ4n) is 2.52. The van der Waals surface area contributed by atoms with Gasteiger partial charge in [-0.15, -0.1) is 6.58 Å². The number of benzene rings is 1. The predicted molar refractivity (Wildman–Crippen MR) is 72.6 cm³/mol. The third kappa shape index (κ3) is 2.82. The summed E-state index contributed by atoms with van der Waals surface area (Å²) in [6.45, 7) is 4.00. The lowest BCUT2D eigenvalue weighted by Gasteiger charge is -2.36. The Labute approximate surface area is 104 Å². The minimum Gasteiger partial charge on any atom is -0.497 e. The molecule has 1 saturated carbocycles. The van der Waals surface area contributed by atoms with Gasteiger partial charge >= 0.3 is 0 Å². The third-order valence-electron chi connectivity index (χ3n) is 3.62. The molecule has 2 nitrogen and oxygen atoms in total. The van der Waals surface area contributed by atoms with Gasteiger partial charge in [-0.3, -0.25) is 0 Å². The van der Waals surface area contributed by atoms with Gasteiger partial charge in [0.25, 0.3) is 0 Å². The van der Waals surface area contributed by atoms with E-state index in [1.54, 1.807) is 7.11 Å². The van der Waals surface area contributed by atoms with Crippen LogP contribution in [0.3, 0.4) is 0 Å². The van der Waals surface area contributed by atoms with Crippen molar-refractivity contribution in [2.75, 3.05) is 12.4 Å². The highest BCUT2D eigenvalue weighted by molar-refractivity contribution is 5.49. The first-order valence-electron chi connectivity index (χ1n) is 6.34. The van der Waals surface area contributed by atoms with Crippen LogP contribution in [-0.2, 0) is 0 Å². The lowest BCUT2D eigenvalue weighted by Crippen LogP contribution is -2.37. The van der Waals surface area contributed by atoms with Crippen molar-refractivity contribution in [1.82, 2.24) is 0 Å². The van der Waals surface area contributed by atoms with Crippen molar-refractivity contribution < 1.29 is 4.74 Å². The lowest BCUT2D eigenvalue weighted by molar-refractivity contribution is 0.385. The second-order valence-corrected chi connectivity index (χ2v) is 4.77. The zero-order valence-electron chi connectivity index (χ0n) is 10.5. The van der Waals surface area contributed by atoms with Crippen molar-refractivity contribution in [3.05, 3.63) is 36.9 Å². The van der Waals surface area contributed by atoms with Crippen LogP contribution in [0.5, 0.6) is 5.75 Å². The van der Waals surface area contributed by atoms with Crippen LogP contribution in [0.2, 0.25) is 0 Å². The molecule has 0 radical (unpaired) electrons. The van der Waals surface area contributed by atoms with E-state index in [0.717, 1.165) is 11.4 Å². The van der Waals surface area contributed by atoms with E-state index in [-0.39, 0.29) is 5.54 Å². The standard InChI is InChI=1S/C15H21NO/c1-3-15(11-5-4-6-12-15)16-13-7-9-14(17-2)10-8-13/h3,7-10,16H,1,4-6,11-12H2,2H3. The van der Waals surface area contributed by atoms with E-state index in [1.807, 2.05) is 12.1 Å². The van der Waals surface area contributed by atoms with Gasteiger partial charge in [-0.1, -0.05) is 25.3 Å². The molecule has 0 unspecified atom stereocenters. The zero-order chi connectivity index (χ0) is 12.1. The summed E-state index contributed by atoms with van der Waals surface area (Å²) in [5, 5.41) is 3.62. The number of methoxy groups -OCH3 is 1. The molecule has 1 aliphatic rings. The summed E-state index contributed by atoms with van der Waals surface area (Å²) in [5.41, 5.74) is 1.24. The largest absolute Gasteiger partial charge is 0.497 e. The summed E-state index contributed by atoms with van der Waals surface area (Å²) in [6.07, 6.45) is 8.37. The summed E-state index contributed by atoms with van der Waals surface area (Å²) in [5.74, 6) is 0.895. The highest BCUT2D eigenvalue weighted by atomic mass is 16.5. The maximum atomic E-state index is 5.16. The highest BCUT2D eigenvalue weighted by Crippen LogP contribution is 2.32. The van der Waals surface area contributed by atoms with Crippen molar-refractivity contribution in [3.63, 3.8) is 0 Å². The van der Waals surface area contributed by atoms with E-state index in [9.17, 15) is 0 Å². The van der Waals surface area contributed by atoms with Gasteiger partial charge in [0.05, 0.1) is 12.6 Å². The first-order valence-corrected chi connectivity index (χ1v) is 6.34. The molecule has 0 saturated heterocycles. The number of hydrogen-bond donors (Lipinski definition) is 1. The smallest absolute Gasteiger partial charge is 0.119 e. The Balaban J connectivity index is 2.09. The molecule has 1 aromatic rings. The molecule has 1 aromatic carbocycles. The molecule has 2 heteroatoms. The summed E-state index contributed by atoms with van der Waals surface area (Å²) < 4.78 is 5.16. The normalized spacial score (nSPS) is 18.4. The molecule has 1 aliphatic carbocycles. The Hall–Kier alpha value is -1.44. The van der Waals surface area contributed by atoms with E-state index < -0.39 is 0 Å². The van der Waals surface area contributed by atoms with Gasteiger partial charge in [0, 0.05) is 5.69 Å². The molecule has 1 fully saturated rings. The second kappa shape index (κ2) is 5.26. The van der Waals surface area contributed by atoms with Gasteiger partial charge in [0.2, 0.25) is 0 Å². The Bertz CT molecular complexity index is 363. The maximum Gasteiger partial charge on any atom is 0.119 e. The number of hydrogen-bond acceptors (Lipinski definition) is 2. The molecule has 0 bridgehead atoms.